The van der Waals surface area contributed by atoms with Gasteiger partial charge in [-0.25, -0.2) is 0 Å². The van der Waals surface area contributed by atoms with E-state index in [0.29, 0.717) is 0 Å². The monoisotopic (exact) mass is 769 g/mol. The van der Waals surface area contributed by atoms with E-state index in [-0.39, 0.29) is 0 Å². The van der Waals surface area contributed by atoms with E-state index in [9.17, 15) is 0 Å². The van der Waals surface area contributed by atoms with Crippen molar-refractivity contribution in [3.05, 3.63) is 212 Å². The van der Waals surface area contributed by atoms with Crippen molar-refractivity contribution >= 4 is 92.1 Å². The highest BCUT2D eigenvalue weighted by Gasteiger charge is 2.24. The third kappa shape index (κ3) is 5.62. The third-order valence-corrected chi connectivity index (χ3v) is 13.0. The molecule has 12 aromatic rings. The Bertz CT molecular complexity index is 3550. The molecule has 10 aromatic carbocycles. The summed E-state index contributed by atoms with van der Waals surface area (Å²) in [5.41, 5.74) is 11.9. The number of benzene rings is 10. The maximum Gasteiger partial charge on any atom is 0.145 e. The number of nitrogens with zero attached hydrogens (tertiary/aromatic N) is 1. The molecule has 0 aliphatic rings. The van der Waals surface area contributed by atoms with E-state index in [0.717, 1.165) is 61.3 Å². The van der Waals surface area contributed by atoms with Gasteiger partial charge in [0.1, 0.15) is 11.2 Å². The van der Waals surface area contributed by atoms with Crippen LogP contribution in [0.3, 0.4) is 0 Å². The molecule has 0 aliphatic heterocycles. The Labute approximate surface area is 345 Å². The maximum atomic E-state index is 7.02. The third-order valence-electron chi connectivity index (χ3n) is 11.8. The fraction of sp³-hybridized carbons (Fsp3) is 0. The molecule has 0 radical (unpaired) electrons. The van der Waals surface area contributed by atoms with Crippen LogP contribution < -0.4 is 4.90 Å². The van der Waals surface area contributed by atoms with Crippen LogP contribution in [0.4, 0.5) is 17.1 Å². The van der Waals surface area contributed by atoms with E-state index >= 15 is 0 Å². The first-order chi connectivity index (χ1) is 29.2. The summed E-state index contributed by atoms with van der Waals surface area (Å²) in [4.78, 5) is 2.44. The molecular formula is C56H35NOS. The number of anilines is 3. The van der Waals surface area contributed by atoms with Gasteiger partial charge in [0.15, 0.2) is 0 Å². The van der Waals surface area contributed by atoms with Crippen LogP contribution in [0.2, 0.25) is 0 Å². The Kier molecular flexibility index (Phi) is 7.75. The van der Waals surface area contributed by atoms with Gasteiger partial charge in [0.05, 0.1) is 11.1 Å². The van der Waals surface area contributed by atoms with Crippen LogP contribution >= 0.6 is 11.3 Å². The van der Waals surface area contributed by atoms with Gasteiger partial charge in [-0.1, -0.05) is 152 Å². The molecular weight excluding hydrogens is 735 g/mol. The maximum absolute atomic E-state index is 7.02. The van der Waals surface area contributed by atoms with E-state index in [2.05, 4.69) is 217 Å². The number of furan rings is 1. The molecule has 0 bridgehead atoms. The number of rotatable bonds is 6. The predicted molar refractivity (Wildman–Crippen MR) is 253 cm³/mol. The summed E-state index contributed by atoms with van der Waals surface area (Å²) in [6, 6.07) is 76.9. The molecule has 0 amide bonds. The largest absolute Gasteiger partial charge is 0.455 e. The van der Waals surface area contributed by atoms with Gasteiger partial charge < -0.3 is 9.32 Å². The fourth-order valence-electron chi connectivity index (χ4n) is 8.98. The standard InChI is InChI=1S/C56H35NOS/c1-4-12-36(13-5-1)40-23-27-49-52(33-40)58-56-47(38-16-8-3-9-17-38)29-30-51(55(49)56)57(43-24-28-46-42(32-43)21-20-39-18-10-11-19-45(39)46)44-25-31-53-50(35-44)48-26-22-41(34-54(48)59-53)37-14-6-2-7-15-37/h1-35H. The number of thiophene rings is 1. The Balaban J connectivity index is 1.12. The van der Waals surface area contributed by atoms with Crippen LogP contribution in [0.25, 0.3) is 97.0 Å². The summed E-state index contributed by atoms with van der Waals surface area (Å²) in [7, 11) is 0. The van der Waals surface area contributed by atoms with Gasteiger partial charge in [-0.15, -0.1) is 11.3 Å². The second-order valence-corrected chi connectivity index (χ2v) is 16.4. The summed E-state index contributed by atoms with van der Waals surface area (Å²) < 4.78 is 9.57. The van der Waals surface area contributed by atoms with E-state index in [1.54, 1.807) is 0 Å². The number of hydrogen-bond donors (Lipinski definition) is 0. The molecule has 276 valence electrons. The molecule has 0 fully saturated rings. The quantitative estimate of drug-likeness (QED) is 0.157. The highest BCUT2D eigenvalue weighted by Crippen LogP contribution is 2.48. The molecule has 2 nitrogen and oxygen atoms in total. The predicted octanol–water partition coefficient (Wildman–Crippen LogP) is 16.7. The topological polar surface area (TPSA) is 16.4 Å². The smallest absolute Gasteiger partial charge is 0.145 e. The number of hydrogen-bond acceptors (Lipinski definition) is 3. The molecule has 0 saturated carbocycles. The van der Waals surface area contributed by atoms with Gasteiger partial charge in [-0.05, 0) is 110 Å². The minimum atomic E-state index is 0.865. The van der Waals surface area contributed by atoms with Crippen molar-refractivity contribution in [1.82, 2.24) is 0 Å². The van der Waals surface area contributed by atoms with Crippen LogP contribution in [-0.2, 0) is 0 Å². The highest BCUT2D eigenvalue weighted by atomic mass is 32.1. The molecule has 0 aliphatic carbocycles. The Morgan fingerprint density at radius 1 is 0.356 bits per heavy atom. The average molecular weight is 770 g/mol. The average Bonchev–Trinajstić information content (AvgIpc) is 3.88. The van der Waals surface area contributed by atoms with E-state index in [4.69, 9.17) is 4.42 Å². The molecule has 0 saturated heterocycles. The SMILES string of the molecule is c1ccc(-c2ccc3c(c2)oc2c(-c4ccccc4)ccc(N(c4ccc5c(ccc6ccccc65)c4)c4ccc5sc6cc(-c7ccccc7)ccc6c5c4)c23)cc1. The van der Waals surface area contributed by atoms with Gasteiger partial charge in [0, 0.05) is 42.5 Å². The Hall–Kier alpha value is -7.46. The van der Waals surface area contributed by atoms with Crippen molar-refractivity contribution < 1.29 is 4.42 Å². The van der Waals surface area contributed by atoms with Crippen LogP contribution in [0.15, 0.2) is 217 Å². The summed E-state index contributed by atoms with van der Waals surface area (Å²) in [5.74, 6) is 0. The van der Waals surface area contributed by atoms with E-state index in [1.807, 2.05) is 11.3 Å². The summed E-state index contributed by atoms with van der Waals surface area (Å²) in [6.07, 6.45) is 0. The van der Waals surface area contributed by atoms with Crippen LogP contribution in [0.1, 0.15) is 0 Å². The highest BCUT2D eigenvalue weighted by molar-refractivity contribution is 7.25. The van der Waals surface area contributed by atoms with Gasteiger partial charge in [-0.3, -0.25) is 0 Å². The first-order valence-corrected chi connectivity index (χ1v) is 20.9. The zero-order chi connectivity index (χ0) is 38.9. The van der Waals surface area contributed by atoms with Gasteiger partial charge in [0.25, 0.3) is 0 Å². The lowest BCUT2D eigenvalue weighted by Gasteiger charge is -2.27. The molecule has 3 heteroatoms. The zero-order valence-corrected chi connectivity index (χ0v) is 32.8. The first-order valence-electron chi connectivity index (χ1n) is 20.1. The molecule has 0 atom stereocenters. The summed E-state index contributed by atoms with van der Waals surface area (Å²) in [6.45, 7) is 0. The van der Waals surface area contributed by atoms with Crippen molar-refractivity contribution in [2.75, 3.05) is 4.90 Å². The zero-order valence-electron chi connectivity index (χ0n) is 32.0. The normalized spacial score (nSPS) is 11.7. The second-order valence-electron chi connectivity index (χ2n) is 15.3. The molecule has 0 spiro atoms. The lowest BCUT2D eigenvalue weighted by molar-refractivity contribution is 0.670. The summed E-state index contributed by atoms with van der Waals surface area (Å²) >= 11 is 1.86. The van der Waals surface area contributed by atoms with Crippen LogP contribution in [-0.4, -0.2) is 0 Å². The van der Waals surface area contributed by atoms with Crippen molar-refractivity contribution in [3.8, 4) is 33.4 Å². The van der Waals surface area contributed by atoms with Crippen molar-refractivity contribution in [2.24, 2.45) is 0 Å². The van der Waals surface area contributed by atoms with E-state index < -0.39 is 0 Å². The van der Waals surface area contributed by atoms with Crippen molar-refractivity contribution in [2.45, 2.75) is 0 Å². The van der Waals surface area contributed by atoms with E-state index in [1.165, 1.54) is 52.8 Å². The second kappa shape index (κ2) is 13.6. The van der Waals surface area contributed by atoms with Crippen molar-refractivity contribution in [3.63, 3.8) is 0 Å². The molecule has 0 N–H and O–H groups in total. The van der Waals surface area contributed by atoms with Crippen LogP contribution in [0.5, 0.6) is 0 Å². The Morgan fingerprint density at radius 3 is 1.75 bits per heavy atom. The minimum absolute atomic E-state index is 0.865. The fourth-order valence-corrected chi connectivity index (χ4v) is 10.1. The number of fused-ring (bicyclic) bond motifs is 9. The van der Waals surface area contributed by atoms with Gasteiger partial charge in [0.2, 0.25) is 0 Å². The minimum Gasteiger partial charge on any atom is -0.455 e. The Morgan fingerprint density at radius 2 is 0.966 bits per heavy atom. The summed E-state index contributed by atoms with van der Waals surface area (Å²) in [5, 5.41) is 9.63. The molecule has 12 rings (SSSR count). The molecule has 2 heterocycles. The first kappa shape index (κ1) is 33.7. The van der Waals surface area contributed by atoms with Gasteiger partial charge in [-0.2, -0.15) is 0 Å². The van der Waals surface area contributed by atoms with Gasteiger partial charge >= 0.3 is 0 Å². The lowest BCUT2D eigenvalue weighted by atomic mass is 9.98. The molecule has 2 aromatic heterocycles. The molecule has 59 heavy (non-hydrogen) atoms. The van der Waals surface area contributed by atoms with Crippen LogP contribution in [0, 0.1) is 0 Å². The van der Waals surface area contributed by atoms with Crippen molar-refractivity contribution in [1.29, 1.82) is 0 Å². The molecule has 0 unspecified atom stereocenters. The lowest BCUT2D eigenvalue weighted by Crippen LogP contribution is -2.10.